The maximum Gasteiger partial charge on any atom is 0.0755 e. The Bertz CT molecular complexity index is 3790. The van der Waals surface area contributed by atoms with Gasteiger partial charge in [-0.2, -0.15) is 0 Å². The van der Waals surface area contributed by atoms with E-state index < -0.39 is 5.41 Å². The predicted molar refractivity (Wildman–Crippen MR) is 283 cm³/mol. The minimum Gasteiger partial charge on any atom is -0.310 e. The molecule has 0 radical (unpaired) electrons. The monoisotopic (exact) mass is 872 g/mol. The number of nitrogens with zero attached hydrogens (tertiary/aromatic N) is 2. The van der Waals surface area contributed by atoms with Crippen molar-refractivity contribution in [3.8, 4) is 33.4 Å². The van der Waals surface area contributed by atoms with Crippen molar-refractivity contribution in [3.63, 3.8) is 0 Å². The molecule has 0 spiro atoms. The summed E-state index contributed by atoms with van der Waals surface area (Å²) in [5.74, 6) is 0. The SMILES string of the molecule is CC1(C)c2ccccc2-c2ccc(N(c3ccc4c(c3)[C@@]3(c5ccccc5)c5ccccc5N(c5ccccc5)c5ccc(-c6ccccc6)c-4c53)c3ccc4c(c3)sc3ccccc34)cc21. The summed E-state index contributed by atoms with van der Waals surface area (Å²) in [5, 5.41) is 2.60. The topological polar surface area (TPSA) is 6.48 Å². The first kappa shape index (κ1) is 38.3. The van der Waals surface area contributed by atoms with E-state index in [1.807, 2.05) is 11.3 Å². The normalized spacial score (nSPS) is 15.8. The fourth-order valence-corrected chi connectivity index (χ4v) is 13.3. The first-order valence-electron chi connectivity index (χ1n) is 23.3. The highest BCUT2D eigenvalue weighted by Crippen LogP contribution is 2.67. The van der Waals surface area contributed by atoms with Gasteiger partial charge in [0.25, 0.3) is 0 Å². The summed E-state index contributed by atoms with van der Waals surface area (Å²) in [6, 6.07) is 86.4. The molecule has 0 unspecified atom stereocenters. The number of hydrogen-bond donors (Lipinski definition) is 0. The van der Waals surface area contributed by atoms with Gasteiger partial charge in [0.2, 0.25) is 0 Å². The van der Waals surface area contributed by atoms with Crippen LogP contribution in [0.5, 0.6) is 0 Å². The second-order valence-electron chi connectivity index (χ2n) is 18.8. The summed E-state index contributed by atoms with van der Waals surface area (Å²) in [4.78, 5) is 5.02. The Morgan fingerprint density at radius 3 is 1.79 bits per heavy atom. The minimum absolute atomic E-state index is 0.152. The van der Waals surface area contributed by atoms with Gasteiger partial charge in [0, 0.05) is 53.9 Å². The number of fused-ring (bicyclic) bond motifs is 11. The van der Waals surface area contributed by atoms with Crippen molar-refractivity contribution in [2.75, 3.05) is 9.80 Å². The van der Waals surface area contributed by atoms with Gasteiger partial charge >= 0.3 is 0 Å². The maximum atomic E-state index is 2.54. The van der Waals surface area contributed by atoms with Crippen molar-refractivity contribution in [2.24, 2.45) is 0 Å². The van der Waals surface area contributed by atoms with Gasteiger partial charge in [-0.15, -0.1) is 11.3 Å². The second kappa shape index (κ2) is 14.3. The molecule has 0 N–H and O–H groups in total. The average molecular weight is 873 g/mol. The Morgan fingerprint density at radius 1 is 0.403 bits per heavy atom. The highest BCUT2D eigenvalue weighted by Gasteiger charge is 2.53. The molecular formula is C64H44N2S. The molecule has 0 amide bonds. The molecule has 0 fully saturated rings. The Hall–Kier alpha value is -7.98. The molecule has 0 bridgehead atoms. The summed E-state index contributed by atoms with van der Waals surface area (Å²) in [7, 11) is 0. The first-order chi connectivity index (χ1) is 33.0. The Morgan fingerprint density at radius 2 is 0.985 bits per heavy atom. The number of rotatable bonds is 6. The lowest BCUT2D eigenvalue weighted by molar-refractivity contribution is 0.660. The van der Waals surface area contributed by atoms with Crippen LogP contribution in [0.3, 0.4) is 0 Å². The maximum absolute atomic E-state index is 2.54. The summed E-state index contributed by atoms with van der Waals surface area (Å²) in [6.45, 7) is 4.76. The number of benzene rings is 10. The van der Waals surface area contributed by atoms with E-state index in [-0.39, 0.29) is 5.41 Å². The van der Waals surface area contributed by atoms with E-state index in [4.69, 9.17) is 0 Å². The summed E-state index contributed by atoms with van der Waals surface area (Å²) < 4.78 is 2.59. The molecule has 1 atom stereocenters. The molecule has 1 aromatic heterocycles. The van der Waals surface area contributed by atoms with Gasteiger partial charge < -0.3 is 9.80 Å². The lowest BCUT2D eigenvalue weighted by atomic mass is 9.64. The largest absolute Gasteiger partial charge is 0.310 e. The third kappa shape index (κ3) is 5.32. The van der Waals surface area contributed by atoms with Gasteiger partial charge in [-0.05, 0) is 128 Å². The van der Waals surface area contributed by atoms with E-state index in [0.29, 0.717) is 0 Å². The van der Waals surface area contributed by atoms with Crippen molar-refractivity contribution in [1.29, 1.82) is 0 Å². The molecule has 2 aliphatic carbocycles. The van der Waals surface area contributed by atoms with Crippen LogP contribution in [0.1, 0.15) is 47.2 Å². The van der Waals surface area contributed by atoms with Crippen LogP contribution in [0, 0.1) is 0 Å². The molecule has 11 aromatic rings. The van der Waals surface area contributed by atoms with Crippen molar-refractivity contribution in [3.05, 3.63) is 264 Å². The zero-order chi connectivity index (χ0) is 44.4. The molecule has 2 nitrogen and oxygen atoms in total. The summed E-state index contributed by atoms with van der Waals surface area (Å²) in [5.41, 5.74) is 21.7. The number of thiophene rings is 1. The smallest absolute Gasteiger partial charge is 0.0755 e. The van der Waals surface area contributed by atoms with Crippen molar-refractivity contribution in [1.82, 2.24) is 0 Å². The molecule has 67 heavy (non-hydrogen) atoms. The molecule has 316 valence electrons. The van der Waals surface area contributed by atoms with Crippen LogP contribution in [0.2, 0.25) is 0 Å². The molecule has 0 saturated carbocycles. The zero-order valence-corrected chi connectivity index (χ0v) is 38.1. The molecule has 3 heteroatoms. The lowest BCUT2D eigenvalue weighted by Crippen LogP contribution is -2.36. The molecule has 2 heterocycles. The molecule has 0 saturated heterocycles. The Kier molecular flexibility index (Phi) is 8.15. The van der Waals surface area contributed by atoms with Crippen LogP contribution in [-0.4, -0.2) is 0 Å². The zero-order valence-electron chi connectivity index (χ0n) is 37.2. The standard InChI is InChI=1S/C64H44N2S/c1-63(2)53-26-14-12-24-48(53)49-33-30-44(38-55(49)63)65(46-31-34-51-50-25-13-17-29-59(50)67-60(51)40-46)45-32-35-52-56(39-45)64(42-20-8-4-9-21-42)54-27-15-16-28-57(54)66(43-22-10-5-11-23-43)58-37-36-47(61(52)62(58)64)41-18-6-3-7-19-41/h3-40H,1-2H3/t64-/m1/s1. The fraction of sp³-hybridized carbons (Fsp3) is 0.0625. The van der Waals surface area contributed by atoms with E-state index in [0.717, 1.165) is 22.7 Å². The van der Waals surface area contributed by atoms with Gasteiger partial charge in [-0.3, -0.25) is 0 Å². The van der Waals surface area contributed by atoms with E-state index in [1.54, 1.807) is 0 Å². The molecular weight excluding hydrogens is 829 g/mol. The summed E-state index contributed by atoms with van der Waals surface area (Å²) in [6.07, 6.45) is 0. The number of anilines is 6. The molecule has 10 aromatic carbocycles. The van der Waals surface area contributed by atoms with E-state index >= 15 is 0 Å². The fourth-order valence-electron chi connectivity index (χ4n) is 12.2. The Balaban J connectivity index is 1.08. The second-order valence-corrected chi connectivity index (χ2v) is 19.9. The molecule has 1 aliphatic heterocycles. The highest BCUT2D eigenvalue weighted by atomic mass is 32.1. The van der Waals surface area contributed by atoms with Crippen LogP contribution >= 0.6 is 11.3 Å². The minimum atomic E-state index is -0.632. The van der Waals surface area contributed by atoms with Crippen LogP contribution in [0.15, 0.2) is 231 Å². The predicted octanol–water partition coefficient (Wildman–Crippen LogP) is 17.6. The van der Waals surface area contributed by atoms with Crippen molar-refractivity contribution in [2.45, 2.75) is 24.7 Å². The van der Waals surface area contributed by atoms with Crippen LogP contribution in [0.4, 0.5) is 34.1 Å². The lowest BCUT2D eigenvalue weighted by Gasteiger charge is -2.45. The number of para-hydroxylation sites is 2. The van der Waals surface area contributed by atoms with E-state index in [2.05, 4.69) is 254 Å². The first-order valence-corrected chi connectivity index (χ1v) is 24.2. The summed E-state index contributed by atoms with van der Waals surface area (Å²) >= 11 is 1.88. The highest BCUT2D eigenvalue weighted by molar-refractivity contribution is 7.25. The van der Waals surface area contributed by atoms with Gasteiger partial charge in [0.1, 0.15) is 0 Å². The van der Waals surface area contributed by atoms with Gasteiger partial charge in [-0.25, -0.2) is 0 Å². The van der Waals surface area contributed by atoms with Crippen LogP contribution < -0.4 is 9.80 Å². The van der Waals surface area contributed by atoms with Gasteiger partial charge in [0.05, 0.1) is 16.8 Å². The third-order valence-electron chi connectivity index (χ3n) is 15.0. The van der Waals surface area contributed by atoms with E-state index in [9.17, 15) is 0 Å². The van der Waals surface area contributed by atoms with E-state index in [1.165, 1.54) is 98.3 Å². The van der Waals surface area contributed by atoms with Crippen molar-refractivity contribution < 1.29 is 0 Å². The van der Waals surface area contributed by atoms with Gasteiger partial charge in [0.15, 0.2) is 0 Å². The molecule has 3 aliphatic rings. The average Bonchev–Trinajstić information content (AvgIpc) is 3.99. The van der Waals surface area contributed by atoms with Crippen LogP contribution in [-0.2, 0) is 10.8 Å². The van der Waals surface area contributed by atoms with Gasteiger partial charge in [-0.1, -0.05) is 178 Å². The Labute approximate surface area is 395 Å². The third-order valence-corrected chi connectivity index (χ3v) is 16.2. The molecule has 14 rings (SSSR count). The van der Waals surface area contributed by atoms with Crippen LogP contribution in [0.25, 0.3) is 53.6 Å². The quantitative estimate of drug-likeness (QED) is 0.164. The van der Waals surface area contributed by atoms with Crippen molar-refractivity contribution >= 4 is 65.6 Å². The number of hydrogen-bond acceptors (Lipinski definition) is 3.